The van der Waals surface area contributed by atoms with Crippen molar-refractivity contribution in [2.45, 2.75) is 219 Å². The number of esters is 1. The Hall–Kier alpha value is -2.44. The first-order valence-electron chi connectivity index (χ1n) is 22.0. The Bertz CT molecular complexity index is 968. The average molecular weight is 742 g/mol. The van der Waals surface area contributed by atoms with Crippen LogP contribution in [0, 0.1) is 0 Å². The van der Waals surface area contributed by atoms with Crippen molar-refractivity contribution < 1.29 is 24.5 Å². The summed E-state index contributed by atoms with van der Waals surface area (Å²) in [6, 6.07) is -0.730. The lowest BCUT2D eigenvalue weighted by molar-refractivity contribution is -0.150. The van der Waals surface area contributed by atoms with Crippen LogP contribution >= 0.6 is 0 Å². The Labute approximate surface area is 327 Å². The van der Waals surface area contributed by atoms with Crippen molar-refractivity contribution in [3.63, 3.8) is 0 Å². The van der Waals surface area contributed by atoms with Gasteiger partial charge in [-0.15, -0.1) is 0 Å². The number of rotatable bonds is 38. The molecule has 306 valence electrons. The third kappa shape index (κ3) is 36.3. The number of aliphatic hydroxyl groups excluding tert-OH is 2. The van der Waals surface area contributed by atoms with E-state index in [2.05, 4.69) is 74.7 Å². The lowest BCUT2D eigenvalue weighted by Crippen LogP contribution is -2.46. The van der Waals surface area contributed by atoms with E-state index < -0.39 is 18.2 Å². The second-order valence-electron chi connectivity index (χ2n) is 14.7. The molecular formula is C47H83NO5. The maximum Gasteiger partial charge on any atom is 0.306 e. The normalized spacial score (nSPS) is 14.0. The second-order valence-corrected chi connectivity index (χ2v) is 14.7. The van der Waals surface area contributed by atoms with Gasteiger partial charge in [0, 0.05) is 12.8 Å². The molecule has 1 amide bonds. The van der Waals surface area contributed by atoms with Crippen LogP contribution in [0.25, 0.3) is 0 Å². The topological polar surface area (TPSA) is 95.9 Å². The fourth-order valence-electron chi connectivity index (χ4n) is 6.17. The van der Waals surface area contributed by atoms with Gasteiger partial charge in [0.05, 0.1) is 25.2 Å². The highest BCUT2D eigenvalue weighted by Crippen LogP contribution is 2.15. The monoisotopic (exact) mass is 742 g/mol. The molecular weight excluding hydrogens is 659 g/mol. The zero-order valence-corrected chi connectivity index (χ0v) is 34.6. The molecule has 0 aromatic heterocycles. The third-order valence-electron chi connectivity index (χ3n) is 9.55. The largest absolute Gasteiger partial charge is 0.461 e. The highest BCUT2D eigenvalue weighted by Gasteiger charge is 2.23. The standard InChI is InChI=1S/C47H83NO5/c1-4-7-10-13-16-19-21-22-23-24-25-27-29-32-35-38-43(53-47(52)40-37-34-31-28-20-17-14-11-8-5-2)41-46(51)48-44(42-49)45(50)39-36-33-30-26-18-15-12-9-6-3/h11,14,16,19,22-23,25,27,32,35,43-45,49-50H,4-10,12-13,15,17-18,20-21,24,26,28-31,33-34,36-42H2,1-3H3,(H,48,51)/b14-11-,19-16-,23-22-,27-25-,35-32-. The van der Waals surface area contributed by atoms with Gasteiger partial charge in [-0.2, -0.15) is 0 Å². The zero-order valence-electron chi connectivity index (χ0n) is 34.6. The molecule has 3 N–H and O–H groups in total. The van der Waals surface area contributed by atoms with Gasteiger partial charge in [-0.1, -0.05) is 178 Å². The van der Waals surface area contributed by atoms with Crippen LogP contribution in [0.4, 0.5) is 0 Å². The fraction of sp³-hybridized carbons (Fsp3) is 0.745. The minimum atomic E-state index is -0.810. The van der Waals surface area contributed by atoms with Gasteiger partial charge < -0.3 is 20.3 Å². The van der Waals surface area contributed by atoms with E-state index in [1.54, 1.807) is 0 Å². The number of carbonyl (C=O) groups is 2. The van der Waals surface area contributed by atoms with E-state index >= 15 is 0 Å². The lowest BCUT2D eigenvalue weighted by Gasteiger charge is -2.24. The highest BCUT2D eigenvalue weighted by molar-refractivity contribution is 5.77. The number of aliphatic hydroxyl groups is 2. The van der Waals surface area contributed by atoms with Crippen LogP contribution in [0.15, 0.2) is 60.8 Å². The van der Waals surface area contributed by atoms with Gasteiger partial charge in [0.15, 0.2) is 0 Å². The number of ether oxygens (including phenoxy) is 1. The van der Waals surface area contributed by atoms with Crippen molar-refractivity contribution in [1.29, 1.82) is 0 Å². The summed E-state index contributed by atoms with van der Waals surface area (Å²) in [5.74, 6) is -0.595. The van der Waals surface area contributed by atoms with Crippen LogP contribution in [0.1, 0.15) is 201 Å². The van der Waals surface area contributed by atoms with E-state index in [4.69, 9.17) is 4.74 Å². The Kier molecular flexibility index (Phi) is 38.9. The molecule has 0 bridgehead atoms. The first-order valence-corrected chi connectivity index (χ1v) is 22.0. The van der Waals surface area contributed by atoms with Crippen molar-refractivity contribution in [2.75, 3.05) is 6.61 Å². The maximum atomic E-state index is 13.1. The molecule has 0 rings (SSSR count). The third-order valence-corrected chi connectivity index (χ3v) is 9.55. The molecule has 0 fully saturated rings. The molecule has 0 aliphatic heterocycles. The molecule has 0 spiro atoms. The molecule has 53 heavy (non-hydrogen) atoms. The minimum Gasteiger partial charge on any atom is -0.461 e. The van der Waals surface area contributed by atoms with Crippen molar-refractivity contribution in [3.05, 3.63) is 60.8 Å². The number of hydrogen-bond acceptors (Lipinski definition) is 5. The first kappa shape index (κ1) is 50.6. The molecule has 0 aromatic rings. The number of nitrogens with one attached hydrogen (secondary N) is 1. The SMILES string of the molecule is CCC/C=C\CCCCCCCC(=O)OC(C/C=C\C/C=C\C/C=C\C/C=C\CCCCC)CC(=O)NC(CO)C(O)CCCCCCCCCCC. The van der Waals surface area contributed by atoms with Crippen LogP contribution in [0.3, 0.4) is 0 Å². The van der Waals surface area contributed by atoms with E-state index in [0.717, 1.165) is 77.0 Å². The molecule has 0 heterocycles. The second kappa shape index (κ2) is 40.7. The summed E-state index contributed by atoms with van der Waals surface area (Å²) < 4.78 is 5.81. The molecule has 0 aliphatic rings. The number of amides is 1. The highest BCUT2D eigenvalue weighted by atomic mass is 16.5. The van der Waals surface area contributed by atoms with E-state index in [0.29, 0.717) is 19.3 Å². The van der Waals surface area contributed by atoms with E-state index in [9.17, 15) is 19.8 Å². The van der Waals surface area contributed by atoms with Gasteiger partial charge in [-0.05, 0) is 64.2 Å². The number of unbranched alkanes of at least 4 members (excludes halogenated alkanes) is 17. The maximum absolute atomic E-state index is 13.1. The molecule has 6 heteroatoms. The van der Waals surface area contributed by atoms with Crippen molar-refractivity contribution >= 4 is 11.9 Å². The van der Waals surface area contributed by atoms with Gasteiger partial charge in [0.25, 0.3) is 0 Å². The van der Waals surface area contributed by atoms with E-state index in [-0.39, 0.29) is 24.9 Å². The van der Waals surface area contributed by atoms with Crippen LogP contribution in [-0.2, 0) is 14.3 Å². The van der Waals surface area contributed by atoms with E-state index in [1.165, 1.54) is 77.0 Å². The quantitative estimate of drug-likeness (QED) is 0.0333. The number of hydrogen-bond donors (Lipinski definition) is 3. The Balaban J connectivity index is 4.79. The van der Waals surface area contributed by atoms with E-state index in [1.807, 2.05) is 12.2 Å². The molecule has 0 radical (unpaired) electrons. The van der Waals surface area contributed by atoms with Crippen molar-refractivity contribution in [2.24, 2.45) is 0 Å². The van der Waals surface area contributed by atoms with Crippen LogP contribution in [-0.4, -0.2) is 46.9 Å². The Morgan fingerprint density at radius 3 is 1.64 bits per heavy atom. The zero-order chi connectivity index (χ0) is 38.9. The summed E-state index contributed by atoms with van der Waals surface area (Å²) >= 11 is 0. The van der Waals surface area contributed by atoms with Crippen molar-refractivity contribution in [3.8, 4) is 0 Å². The molecule has 0 aromatic carbocycles. The number of carbonyl (C=O) groups excluding carboxylic acids is 2. The molecule has 0 saturated heterocycles. The first-order chi connectivity index (χ1) is 26.0. The summed E-state index contributed by atoms with van der Waals surface area (Å²) in [5.41, 5.74) is 0. The molecule has 0 saturated carbocycles. The van der Waals surface area contributed by atoms with Crippen LogP contribution < -0.4 is 5.32 Å². The fourth-order valence-corrected chi connectivity index (χ4v) is 6.17. The summed E-state index contributed by atoms with van der Waals surface area (Å²) in [5, 5.41) is 23.5. The molecule has 6 nitrogen and oxygen atoms in total. The number of allylic oxidation sites excluding steroid dienone is 9. The molecule has 3 atom stereocenters. The average Bonchev–Trinajstić information content (AvgIpc) is 3.15. The smallest absolute Gasteiger partial charge is 0.306 e. The predicted molar refractivity (Wildman–Crippen MR) is 227 cm³/mol. The summed E-state index contributed by atoms with van der Waals surface area (Å²) in [6.07, 6.45) is 48.7. The predicted octanol–water partition coefficient (Wildman–Crippen LogP) is 12.5. The van der Waals surface area contributed by atoms with Gasteiger partial charge >= 0.3 is 5.97 Å². The van der Waals surface area contributed by atoms with Crippen LogP contribution in [0.2, 0.25) is 0 Å². The Morgan fingerprint density at radius 1 is 0.566 bits per heavy atom. The summed E-state index contributed by atoms with van der Waals surface area (Å²) in [6.45, 7) is 6.32. The minimum absolute atomic E-state index is 0.00341. The lowest BCUT2D eigenvalue weighted by atomic mass is 10.0. The van der Waals surface area contributed by atoms with Crippen molar-refractivity contribution in [1.82, 2.24) is 5.32 Å². The van der Waals surface area contributed by atoms with Gasteiger partial charge in [-0.25, -0.2) is 0 Å². The summed E-state index contributed by atoms with van der Waals surface area (Å²) in [7, 11) is 0. The van der Waals surface area contributed by atoms with Gasteiger partial charge in [0.1, 0.15) is 6.10 Å². The summed E-state index contributed by atoms with van der Waals surface area (Å²) in [4.78, 5) is 25.8. The van der Waals surface area contributed by atoms with Gasteiger partial charge in [-0.3, -0.25) is 9.59 Å². The Morgan fingerprint density at radius 2 is 1.04 bits per heavy atom. The van der Waals surface area contributed by atoms with Crippen LogP contribution in [0.5, 0.6) is 0 Å². The van der Waals surface area contributed by atoms with Gasteiger partial charge in [0.2, 0.25) is 5.91 Å². The molecule has 0 aliphatic carbocycles. The molecule has 3 unspecified atom stereocenters.